The summed E-state index contributed by atoms with van der Waals surface area (Å²) in [6, 6.07) is 22.8. The summed E-state index contributed by atoms with van der Waals surface area (Å²) < 4.78 is 14.1. The molecule has 0 heterocycles. The van der Waals surface area contributed by atoms with Gasteiger partial charge in [0, 0.05) is 29.3 Å². The minimum Gasteiger partial charge on any atom is -0.350 e. The molecule has 1 unspecified atom stereocenters. The average molecular weight is 527 g/mol. The molecule has 1 atom stereocenters. The molecule has 0 aliphatic heterocycles. The zero-order valence-electron chi connectivity index (χ0n) is 20.8. The van der Waals surface area contributed by atoms with E-state index in [2.05, 4.69) is 5.32 Å². The van der Waals surface area contributed by atoms with E-state index in [1.807, 2.05) is 63.2 Å². The van der Waals surface area contributed by atoms with Crippen LogP contribution in [0.5, 0.6) is 0 Å². The molecule has 36 heavy (non-hydrogen) atoms. The first-order chi connectivity index (χ1) is 17.1. The van der Waals surface area contributed by atoms with Crippen molar-refractivity contribution in [3.05, 3.63) is 106 Å². The predicted octanol–water partition coefficient (Wildman–Crippen LogP) is 6.27. The van der Waals surface area contributed by atoms with Crippen molar-refractivity contribution >= 4 is 35.2 Å². The molecule has 0 aliphatic carbocycles. The van der Waals surface area contributed by atoms with Crippen LogP contribution in [0.3, 0.4) is 0 Å². The molecule has 0 aromatic heterocycles. The third kappa shape index (κ3) is 8.68. The van der Waals surface area contributed by atoms with Gasteiger partial charge >= 0.3 is 0 Å². The summed E-state index contributed by atoms with van der Waals surface area (Å²) in [4.78, 5) is 28.7. The first kappa shape index (κ1) is 27.8. The summed E-state index contributed by atoms with van der Waals surface area (Å²) in [5.41, 5.74) is 1.87. The van der Waals surface area contributed by atoms with Gasteiger partial charge in [0.15, 0.2) is 0 Å². The Labute approximate surface area is 222 Å². The van der Waals surface area contributed by atoms with Gasteiger partial charge in [-0.1, -0.05) is 72.3 Å². The molecule has 0 spiro atoms. The molecule has 0 aliphatic rings. The highest BCUT2D eigenvalue weighted by Gasteiger charge is 2.32. The number of benzene rings is 3. The van der Waals surface area contributed by atoms with Crippen molar-refractivity contribution in [2.45, 2.75) is 51.1 Å². The number of thioether (sulfide) groups is 1. The fourth-order valence-electron chi connectivity index (χ4n) is 3.79. The molecule has 2 amide bonds. The van der Waals surface area contributed by atoms with Crippen molar-refractivity contribution in [3.8, 4) is 0 Å². The fraction of sp³-hybridized carbons (Fsp3) is 0.310. The van der Waals surface area contributed by atoms with Gasteiger partial charge in [-0.3, -0.25) is 9.59 Å². The molecular weight excluding hydrogens is 495 g/mol. The third-order valence-corrected chi connectivity index (χ3v) is 6.65. The molecule has 7 heteroatoms. The van der Waals surface area contributed by atoms with E-state index in [4.69, 9.17) is 11.6 Å². The number of nitrogens with zero attached hydrogens (tertiary/aromatic N) is 1. The number of hydrogen-bond donors (Lipinski definition) is 1. The van der Waals surface area contributed by atoms with Gasteiger partial charge in [-0.05, 0) is 55.7 Å². The van der Waals surface area contributed by atoms with E-state index in [-0.39, 0.29) is 29.9 Å². The lowest BCUT2D eigenvalue weighted by atomic mass is 10.0. The summed E-state index contributed by atoms with van der Waals surface area (Å²) in [7, 11) is 0. The van der Waals surface area contributed by atoms with E-state index in [0.29, 0.717) is 22.8 Å². The van der Waals surface area contributed by atoms with Crippen molar-refractivity contribution in [1.82, 2.24) is 10.2 Å². The maximum atomic E-state index is 14.1. The molecule has 1 N–H and O–H groups in total. The molecule has 3 aromatic carbocycles. The number of halogens is 2. The zero-order chi connectivity index (χ0) is 26.1. The van der Waals surface area contributed by atoms with E-state index in [1.54, 1.807) is 35.2 Å². The molecule has 3 aromatic rings. The lowest BCUT2D eigenvalue weighted by molar-refractivity contribution is -0.140. The number of carbonyl (C=O) groups excluding carboxylic acids is 2. The number of nitrogens with one attached hydrogen (secondary N) is 1. The highest BCUT2D eigenvalue weighted by atomic mass is 35.5. The van der Waals surface area contributed by atoms with E-state index < -0.39 is 11.6 Å². The van der Waals surface area contributed by atoms with Crippen molar-refractivity contribution < 1.29 is 14.0 Å². The highest BCUT2D eigenvalue weighted by molar-refractivity contribution is 7.99. The topological polar surface area (TPSA) is 49.4 Å². The van der Waals surface area contributed by atoms with Crippen LogP contribution in [0.2, 0.25) is 5.02 Å². The minimum absolute atomic E-state index is 0.114. The summed E-state index contributed by atoms with van der Waals surface area (Å²) in [5, 5.41) is 3.61. The largest absolute Gasteiger partial charge is 0.350 e. The molecule has 0 saturated carbocycles. The number of rotatable bonds is 10. The molecule has 0 radical (unpaired) electrons. The van der Waals surface area contributed by atoms with Gasteiger partial charge in [0.05, 0.1) is 5.75 Å². The Hall–Kier alpha value is -2.83. The van der Waals surface area contributed by atoms with Gasteiger partial charge in [-0.25, -0.2) is 4.39 Å². The molecular formula is C29H32ClFN2O2S. The molecule has 4 nitrogen and oxygen atoms in total. The van der Waals surface area contributed by atoms with Crippen molar-refractivity contribution in [1.29, 1.82) is 0 Å². The molecule has 0 fully saturated rings. The van der Waals surface area contributed by atoms with Gasteiger partial charge in [0.25, 0.3) is 0 Å². The maximum Gasteiger partial charge on any atom is 0.243 e. The number of hydrogen-bond acceptors (Lipinski definition) is 3. The fourth-order valence-corrected chi connectivity index (χ4v) is 4.89. The van der Waals surface area contributed by atoms with E-state index in [9.17, 15) is 14.0 Å². The smallest absolute Gasteiger partial charge is 0.243 e. The predicted molar refractivity (Wildman–Crippen MR) is 146 cm³/mol. The standard InChI is InChI=1S/C29H32ClFN2O2S/c1-29(2,3)32-28(35)26(17-21-10-5-4-6-11-21)33(18-22-12-9-14-24(30)16-22)27(34)20-36-19-23-13-7-8-15-25(23)31/h4-16,26H,17-20H2,1-3H3,(H,32,35). The minimum atomic E-state index is -0.729. The van der Waals surface area contributed by atoms with Crippen LogP contribution >= 0.6 is 23.4 Å². The Kier molecular flexibility index (Phi) is 9.97. The van der Waals surface area contributed by atoms with Gasteiger partial charge in [-0.2, -0.15) is 0 Å². The Bertz CT molecular complexity index is 1170. The summed E-state index contributed by atoms with van der Waals surface area (Å²) in [6.45, 7) is 5.97. The average Bonchev–Trinajstić information content (AvgIpc) is 2.82. The van der Waals surface area contributed by atoms with Crippen LogP contribution < -0.4 is 5.32 Å². The Balaban J connectivity index is 1.88. The lowest BCUT2D eigenvalue weighted by Crippen LogP contribution is -2.54. The second-order valence-electron chi connectivity index (χ2n) is 9.68. The number of amides is 2. The Morgan fingerprint density at radius 3 is 2.31 bits per heavy atom. The maximum absolute atomic E-state index is 14.1. The SMILES string of the molecule is CC(C)(C)NC(=O)C(Cc1ccccc1)N(Cc1cccc(Cl)c1)C(=O)CSCc1ccccc1F. The van der Waals surface area contributed by atoms with Crippen LogP contribution in [0.1, 0.15) is 37.5 Å². The van der Waals surface area contributed by atoms with Crippen LogP contribution in [0.4, 0.5) is 4.39 Å². The molecule has 0 saturated heterocycles. The summed E-state index contributed by atoms with van der Waals surface area (Å²) in [6.07, 6.45) is 0.368. The molecule has 3 rings (SSSR count). The van der Waals surface area contributed by atoms with E-state index in [0.717, 1.165) is 11.1 Å². The highest BCUT2D eigenvalue weighted by Crippen LogP contribution is 2.21. The third-order valence-electron chi connectivity index (χ3n) is 5.45. The van der Waals surface area contributed by atoms with Gasteiger partial charge in [-0.15, -0.1) is 11.8 Å². The van der Waals surface area contributed by atoms with Gasteiger partial charge in [0.1, 0.15) is 11.9 Å². The Morgan fingerprint density at radius 2 is 1.64 bits per heavy atom. The van der Waals surface area contributed by atoms with Crippen LogP contribution in [-0.2, 0) is 28.3 Å². The van der Waals surface area contributed by atoms with Crippen LogP contribution in [-0.4, -0.2) is 34.0 Å². The van der Waals surface area contributed by atoms with E-state index in [1.165, 1.54) is 17.8 Å². The molecule has 190 valence electrons. The Morgan fingerprint density at radius 1 is 0.972 bits per heavy atom. The van der Waals surface area contributed by atoms with Crippen molar-refractivity contribution in [2.24, 2.45) is 0 Å². The van der Waals surface area contributed by atoms with E-state index >= 15 is 0 Å². The summed E-state index contributed by atoms with van der Waals surface area (Å²) in [5.74, 6) is -0.230. The van der Waals surface area contributed by atoms with Gasteiger partial charge in [0.2, 0.25) is 11.8 Å². The normalized spacial score (nSPS) is 12.1. The van der Waals surface area contributed by atoms with Gasteiger partial charge < -0.3 is 10.2 Å². The number of carbonyl (C=O) groups is 2. The van der Waals surface area contributed by atoms with Crippen molar-refractivity contribution in [3.63, 3.8) is 0 Å². The first-order valence-electron chi connectivity index (χ1n) is 11.8. The first-order valence-corrected chi connectivity index (χ1v) is 13.4. The molecule has 0 bridgehead atoms. The second kappa shape index (κ2) is 12.9. The van der Waals surface area contributed by atoms with Crippen molar-refractivity contribution in [2.75, 3.05) is 5.75 Å². The zero-order valence-corrected chi connectivity index (χ0v) is 22.4. The lowest BCUT2D eigenvalue weighted by Gasteiger charge is -2.34. The quantitative estimate of drug-likeness (QED) is 0.339. The van der Waals surface area contributed by atoms with Crippen LogP contribution in [0.15, 0.2) is 78.9 Å². The second-order valence-corrected chi connectivity index (χ2v) is 11.1. The van der Waals surface area contributed by atoms with Crippen LogP contribution in [0, 0.1) is 5.82 Å². The monoisotopic (exact) mass is 526 g/mol. The van der Waals surface area contributed by atoms with Crippen LogP contribution in [0.25, 0.3) is 0 Å². The summed E-state index contributed by atoms with van der Waals surface area (Å²) >= 11 is 7.54.